The SMILES string of the molecule is CC(=O)NCCc1coc2ccc(SCCCCOc3ccc(-c4ccccc4C)cc3)cc12. The third kappa shape index (κ3) is 6.45. The van der Waals surface area contributed by atoms with Crippen molar-refractivity contribution in [3.05, 3.63) is 84.1 Å². The van der Waals surface area contributed by atoms with Gasteiger partial charge in [0.15, 0.2) is 0 Å². The molecule has 0 saturated heterocycles. The van der Waals surface area contributed by atoms with E-state index in [0.29, 0.717) is 6.54 Å². The lowest BCUT2D eigenvalue weighted by Crippen LogP contribution is -2.22. The van der Waals surface area contributed by atoms with Gasteiger partial charge in [0.1, 0.15) is 11.3 Å². The predicted octanol–water partition coefficient (Wildman–Crippen LogP) is 7.04. The summed E-state index contributed by atoms with van der Waals surface area (Å²) in [4.78, 5) is 12.3. The van der Waals surface area contributed by atoms with Crippen molar-refractivity contribution in [3.8, 4) is 16.9 Å². The van der Waals surface area contributed by atoms with Crippen LogP contribution in [0.25, 0.3) is 22.1 Å². The molecule has 1 amide bonds. The largest absolute Gasteiger partial charge is 0.494 e. The molecular formula is C29H31NO3S. The molecular weight excluding hydrogens is 442 g/mol. The van der Waals surface area contributed by atoms with Gasteiger partial charge in [0, 0.05) is 23.8 Å². The molecule has 0 atom stereocenters. The van der Waals surface area contributed by atoms with Crippen molar-refractivity contribution < 1.29 is 13.9 Å². The standard InChI is InChI=1S/C29H31NO3S/c1-21-7-3-4-8-27(21)23-9-11-25(12-10-23)32-17-5-6-18-34-26-13-14-29-28(19-26)24(20-33-29)15-16-30-22(2)31/h3-4,7-14,19-20H,5-6,15-18H2,1-2H3,(H,30,31). The zero-order valence-electron chi connectivity index (χ0n) is 19.8. The van der Waals surface area contributed by atoms with Crippen LogP contribution in [-0.4, -0.2) is 24.8 Å². The van der Waals surface area contributed by atoms with Gasteiger partial charge < -0.3 is 14.5 Å². The van der Waals surface area contributed by atoms with Crippen LogP contribution in [0.2, 0.25) is 0 Å². The summed E-state index contributed by atoms with van der Waals surface area (Å²) in [5.41, 5.74) is 5.79. The summed E-state index contributed by atoms with van der Waals surface area (Å²) in [6.45, 7) is 5.02. The van der Waals surface area contributed by atoms with Crippen LogP contribution in [0.1, 0.15) is 30.9 Å². The van der Waals surface area contributed by atoms with Gasteiger partial charge in [-0.05, 0) is 84.5 Å². The number of nitrogens with one attached hydrogen (secondary N) is 1. The number of carbonyl (C=O) groups excluding carboxylic acids is 1. The van der Waals surface area contributed by atoms with Crippen LogP contribution in [0.4, 0.5) is 0 Å². The van der Waals surface area contributed by atoms with Crippen molar-refractivity contribution in [2.75, 3.05) is 18.9 Å². The van der Waals surface area contributed by atoms with E-state index in [1.165, 1.54) is 28.5 Å². The van der Waals surface area contributed by atoms with Crippen LogP contribution in [0.5, 0.6) is 5.75 Å². The van der Waals surface area contributed by atoms with Crippen molar-refractivity contribution in [2.45, 2.75) is 38.0 Å². The molecule has 4 nitrogen and oxygen atoms in total. The van der Waals surface area contributed by atoms with Gasteiger partial charge >= 0.3 is 0 Å². The van der Waals surface area contributed by atoms with Gasteiger partial charge in [0.25, 0.3) is 0 Å². The number of hydrogen-bond donors (Lipinski definition) is 1. The zero-order chi connectivity index (χ0) is 23.8. The molecule has 5 heteroatoms. The van der Waals surface area contributed by atoms with Crippen molar-refractivity contribution in [1.29, 1.82) is 0 Å². The van der Waals surface area contributed by atoms with E-state index >= 15 is 0 Å². The zero-order valence-corrected chi connectivity index (χ0v) is 20.6. The highest BCUT2D eigenvalue weighted by Gasteiger charge is 2.08. The molecule has 0 spiro atoms. The molecule has 0 aliphatic heterocycles. The second-order valence-corrected chi connectivity index (χ2v) is 9.56. The number of hydrogen-bond acceptors (Lipinski definition) is 4. The molecule has 4 aromatic rings. The number of ether oxygens (including phenoxy) is 1. The molecule has 0 aliphatic rings. The number of benzene rings is 3. The first-order valence-corrected chi connectivity index (χ1v) is 12.7. The number of carbonyl (C=O) groups is 1. The average molecular weight is 474 g/mol. The molecule has 1 N–H and O–H groups in total. The fourth-order valence-electron chi connectivity index (χ4n) is 3.93. The van der Waals surface area contributed by atoms with E-state index < -0.39 is 0 Å². The lowest BCUT2D eigenvalue weighted by atomic mass is 10.0. The first-order chi connectivity index (χ1) is 16.6. The highest BCUT2D eigenvalue weighted by Crippen LogP contribution is 2.29. The average Bonchev–Trinajstić information content (AvgIpc) is 3.24. The topological polar surface area (TPSA) is 51.5 Å². The Kier molecular flexibility index (Phi) is 8.31. The van der Waals surface area contributed by atoms with Crippen LogP contribution in [0.3, 0.4) is 0 Å². The van der Waals surface area contributed by atoms with E-state index in [2.05, 4.69) is 72.9 Å². The van der Waals surface area contributed by atoms with Crippen molar-refractivity contribution in [3.63, 3.8) is 0 Å². The fourth-order valence-corrected chi connectivity index (χ4v) is 4.88. The normalized spacial score (nSPS) is 11.0. The van der Waals surface area contributed by atoms with Gasteiger partial charge in [0.2, 0.25) is 5.91 Å². The molecule has 1 aromatic heterocycles. The maximum Gasteiger partial charge on any atom is 0.216 e. The second-order valence-electron chi connectivity index (χ2n) is 8.40. The molecule has 0 bridgehead atoms. The first kappa shape index (κ1) is 24.0. The Morgan fingerprint density at radius 1 is 1.03 bits per heavy atom. The van der Waals surface area contributed by atoms with Gasteiger partial charge in [-0.25, -0.2) is 0 Å². The van der Waals surface area contributed by atoms with Gasteiger partial charge in [-0.2, -0.15) is 0 Å². The molecule has 4 rings (SSSR count). The Morgan fingerprint density at radius 3 is 2.65 bits per heavy atom. The highest BCUT2D eigenvalue weighted by molar-refractivity contribution is 7.99. The molecule has 3 aromatic carbocycles. The maximum atomic E-state index is 11.1. The van der Waals surface area contributed by atoms with Crippen molar-refractivity contribution >= 4 is 28.6 Å². The van der Waals surface area contributed by atoms with Crippen LogP contribution in [0.15, 0.2) is 82.3 Å². The maximum absolute atomic E-state index is 11.1. The van der Waals surface area contributed by atoms with Crippen molar-refractivity contribution in [2.24, 2.45) is 0 Å². The monoisotopic (exact) mass is 473 g/mol. The number of rotatable bonds is 11. The Balaban J connectivity index is 1.20. The summed E-state index contributed by atoms with van der Waals surface area (Å²) in [5, 5.41) is 3.98. The smallest absolute Gasteiger partial charge is 0.216 e. The summed E-state index contributed by atoms with van der Waals surface area (Å²) in [5.74, 6) is 1.95. The lowest BCUT2D eigenvalue weighted by molar-refractivity contribution is -0.118. The number of thioether (sulfide) groups is 1. The van der Waals surface area contributed by atoms with E-state index in [1.54, 1.807) is 6.26 Å². The minimum atomic E-state index is -0.00712. The van der Waals surface area contributed by atoms with Gasteiger partial charge in [0.05, 0.1) is 12.9 Å². The Labute approximate surface area is 205 Å². The van der Waals surface area contributed by atoms with Crippen LogP contribution in [0, 0.1) is 6.92 Å². The summed E-state index contributed by atoms with van der Waals surface area (Å²) in [6.07, 6.45) is 4.67. The summed E-state index contributed by atoms with van der Waals surface area (Å²) in [6, 6.07) is 23.1. The van der Waals surface area contributed by atoms with Crippen LogP contribution < -0.4 is 10.1 Å². The number of furan rings is 1. The molecule has 0 unspecified atom stereocenters. The molecule has 0 radical (unpaired) electrons. The second kappa shape index (κ2) is 11.8. The first-order valence-electron chi connectivity index (χ1n) is 11.8. The highest BCUT2D eigenvalue weighted by atomic mass is 32.2. The molecule has 0 aliphatic carbocycles. The van der Waals surface area contributed by atoms with Crippen LogP contribution >= 0.6 is 11.8 Å². The molecule has 0 saturated carbocycles. The number of aryl methyl sites for hydroxylation is 1. The number of unbranched alkanes of at least 4 members (excludes halogenated alkanes) is 1. The number of amides is 1. The lowest BCUT2D eigenvalue weighted by Gasteiger charge is -2.09. The van der Waals surface area contributed by atoms with Gasteiger partial charge in [-0.1, -0.05) is 36.4 Å². The quantitative estimate of drug-likeness (QED) is 0.187. The third-order valence-corrected chi connectivity index (χ3v) is 6.86. The van der Waals surface area contributed by atoms with E-state index in [9.17, 15) is 4.79 Å². The van der Waals surface area contributed by atoms with E-state index in [0.717, 1.165) is 53.9 Å². The number of fused-ring (bicyclic) bond motifs is 1. The minimum Gasteiger partial charge on any atom is -0.494 e. The van der Waals surface area contributed by atoms with E-state index in [1.807, 2.05) is 17.8 Å². The van der Waals surface area contributed by atoms with Crippen LogP contribution in [-0.2, 0) is 11.2 Å². The Hall–Kier alpha value is -3.18. The molecule has 34 heavy (non-hydrogen) atoms. The molecule has 0 fully saturated rings. The molecule has 176 valence electrons. The summed E-state index contributed by atoms with van der Waals surface area (Å²) in [7, 11) is 0. The van der Waals surface area contributed by atoms with E-state index in [-0.39, 0.29) is 5.91 Å². The van der Waals surface area contributed by atoms with Gasteiger partial charge in [-0.3, -0.25) is 4.79 Å². The predicted molar refractivity (Wildman–Crippen MR) is 141 cm³/mol. The Morgan fingerprint density at radius 2 is 1.85 bits per heavy atom. The summed E-state index contributed by atoms with van der Waals surface area (Å²) < 4.78 is 11.6. The summed E-state index contributed by atoms with van der Waals surface area (Å²) >= 11 is 1.86. The minimum absolute atomic E-state index is 0.00712. The van der Waals surface area contributed by atoms with Crippen molar-refractivity contribution in [1.82, 2.24) is 5.32 Å². The fraction of sp³-hybridized carbons (Fsp3) is 0.276. The Bertz CT molecular complexity index is 1230. The third-order valence-electron chi connectivity index (χ3n) is 5.78. The van der Waals surface area contributed by atoms with Gasteiger partial charge in [-0.15, -0.1) is 11.8 Å². The molecule has 1 heterocycles. The van der Waals surface area contributed by atoms with E-state index in [4.69, 9.17) is 9.15 Å².